The SMILES string of the molecule is CN1CCN(C2(N)CCCCN2)CC1. The first-order valence-electron chi connectivity index (χ1n) is 5.68. The van der Waals surface area contributed by atoms with Crippen molar-refractivity contribution >= 4 is 0 Å². The number of nitrogens with one attached hydrogen (secondary N) is 1. The molecule has 0 aromatic rings. The first-order chi connectivity index (χ1) is 6.71. The van der Waals surface area contributed by atoms with Crippen molar-refractivity contribution in [3.63, 3.8) is 0 Å². The van der Waals surface area contributed by atoms with Crippen LogP contribution in [-0.2, 0) is 0 Å². The third kappa shape index (κ3) is 2.08. The van der Waals surface area contributed by atoms with E-state index in [0.29, 0.717) is 0 Å². The van der Waals surface area contributed by atoms with Gasteiger partial charge in [-0.05, 0) is 32.9 Å². The van der Waals surface area contributed by atoms with Crippen molar-refractivity contribution in [2.45, 2.75) is 25.0 Å². The van der Waals surface area contributed by atoms with Crippen molar-refractivity contribution in [1.29, 1.82) is 0 Å². The zero-order valence-corrected chi connectivity index (χ0v) is 9.13. The molecule has 4 heteroatoms. The molecule has 0 saturated carbocycles. The molecular formula is C10H22N4. The number of rotatable bonds is 1. The van der Waals surface area contributed by atoms with Gasteiger partial charge in [-0.25, -0.2) is 0 Å². The van der Waals surface area contributed by atoms with Crippen LogP contribution in [0.2, 0.25) is 0 Å². The molecule has 1 atom stereocenters. The highest BCUT2D eigenvalue weighted by Crippen LogP contribution is 2.19. The Bertz CT molecular complexity index is 181. The van der Waals surface area contributed by atoms with Crippen LogP contribution in [0.5, 0.6) is 0 Å². The fourth-order valence-electron chi connectivity index (χ4n) is 2.39. The summed E-state index contributed by atoms with van der Waals surface area (Å²) < 4.78 is 0. The normalized spacial score (nSPS) is 37.3. The standard InChI is InChI=1S/C10H22N4/c1-13-6-8-14(9-7-13)10(11)4-2-3-5-12-10/h12H,2-9,11H2,1H3. The first-order valence-corrected chi connectivity index (χ1v) is 5.68. The maximum atomic E-state index is 6.38. The molecule has 4 nitrogen and oxygen atoms in total. The lowest BCUT2D eigenvalue weighted by molar-refractivity contribution is 0.00119. The molecule has 2 aliphatic heterocycles. The van der Waals surface area contributed by atoms with Gasteiger partial charge < -0.3 is 10.6 Å². The molecule has 2 aliphatic rings. The van der Waals surface area contributed by atoms with E-state index in [1.807, 2.05) is 0 Å². The summed E-state index contributed by atoms with van der Waals surface area (Å²) in [6.45, 7) is 5.55. The second-order valence-corrected chi connectivity index (χ2v) is 4.60. The van der Waals surface area contributed by atoms with Gasteiger partial charge in [-0.15, -0.1) is 0 Å². The van der Waals surface area contributed by atoms with E-state index >= 15 is 0 Å². The molecule has 0 aromatic carbocycles. The van der Waals surface area contributed by atoms with Gasteiger partial charge in [-0.1, -0.05) is 0 Å². The van der Waals surface area contributed by atoms with Crippen LogP contribution in [0.1, 0.15) is 19.3 Å². The van der Waals surface area contributed by atoms with E-state index < -0.39 is 0 Å². The Morgan fingerprint density at radius 3 is 2.43 bits per heavy atom. The third-order valence-corrected chi connectivity index (χ3v) is 3.48. The zero-order valence-electron chi connectivity index (χ0n) is 9.13. The molecule has 0 bridgehead atoms. The third-order valence-electron chi connectivity index (χ3n) is 3.48. The minimum absolute atomic E-state index is 0.209. The lowest BCUT2D eigenvalue weighted by Crippen LogP contribution is -2.70. The summed E-state index contributed by atoms with van der Waals surface area (Å²) in [6, 6.07) is 0. The van der Waals surface area contributed by atoms with Gasteiger partial charge >= 0.3 is 0 Å². The van der Waals surface area contributed by atoms with Crippen LogP contribution in [0.25, 0.3) is 0 Å². The van der Waals surface area contributed by atoms with Crippen LogP contribution in [0.15, 0.2) is 0 Å². The highest BCUT2D eigenvalue weighted by molar-refractivity contribution is 4.88. The molecular weight excluding hydrogens is 176 g/mol. The smallest absolute Gasteiger partial charge is 0.123 e. The summed E-state index contributed by atoms with van der Waals surface area (Å²) in [4.78, 5) is 4.77. The number of nitrogens with zero attached hydrogens (tertiary/aromatic N) is 2. The zero-order chi connectivity index (χ0) is 10.0. The number of piperidine rings is 1. The van der Waals surface area contributed by atoms with E-state index in [1.54, 1.807) is 0 Å². The van der Waals surface area contributed by atoms with Crippen LogP contribution in [0, 0.1) is 0 Å². The molecule has 14 heavy (non-hydrogen) atoms. The van der Waals surface area contributed by atoms with Crippen molar-refractivity contribution in [3.8, 4) is 0 Å². The number of hydrogen-bond acceptors (Lipinski definition) is 4. The lowest BCUT2D eigenvalue weighted by Gasteiger charge is -2.47. The van der Waals surface area contributed by atoms with Gasteiger partial charge in [0.05, 0.1) is 0 Å². The Labute approximate surface area is 86.4 Å². The summed E-state index contributed by atoms with van der Waals surface area (Å²) in [5.74, 6) is -0.209. The van der Waals surface area contributed by atoms with Gasteiger partial charge in [0.1, 0.15) is 5.79 Å². The van der Waals surface area contributed by atoms with Gasteiger partial charge in [0, 0.05) is 26.2 Å². The summed E-state index contributed by atoms with van der Waals surface area (Å²) in [6.07, 6.45) is 3.62. The van der Waals surface area contributed by atoms with Gasteiger partial charge in [0.15, 0.2) is 0 Å². The number of likely N-dealkylation sites (N-methyl/N-ethyl adjacent to an activating group) is 1. The monoisotopic (exact) mass is 198 g/mol. The van der Waals surface area contributed by atoms with E-state index in [0.717, 1.165) is 39.1 Å². The van der Waals surface area contributed by atoms with E-state index in [1.165, 1.54) is 12.8 Å². The van der Waals surface area contributed by atoms with Gasteiger partial charge in [0.2, 0.25) is 0 Å². The highest BCUT2D eigenvalue weighted by atomic mass is 15.4. The molecule has 2 rings (SSSR count). The van der Waals surface area contributed by atoms with Gasteiger partial charge in [-0.3, -0.25) is 10.2 Å². The molecule has 0 aliphatic carbocycles. The average molecular weight is 198 g/mol. The van der Waals surface area contributed by atoms with Crippen molar-refractivity contribution in [2.75, 3.05) is 39.8 Å². The molecule has 0 radical (unpaired) electrons. The number of nitrogens with two attached hydrogens (primary N) is 1. The van der Waals surface area contributed by atoms with Crippen LogP contribution in [-0.4, -0.2) is 55.4 Å². The van der Waals surface area contributed by atoms with E-state index in [2.05, 4.69) is 22.2 Å². The Balaban J connectivity index is 1.92. The highest BCUT2D eigenvalue weighted by Gasteiger charge is 2.34. The van der Waals surface area contributed by atoms with Crippen LogP contribution in [0.3, 0.4) is 0 Å². The number of hydrogen-bond donors (Lipinski definition) is 2. The second kappa shape index (κ2) is 4.14. The fraction of sp³-hybridized carbons (Fsp3) is 1.00. The molecule has 2 heterocycles. The van der Waals surface area contributed by atoms with Crippen LogP contribution < -0.4 is 11.1 Å². The quantitative estimate of drug-likeness (QED) is 0.603. The first kappa shape index (κ1) is 10.4. The van der Waals surface area contributed by atoms with Crippen molar-refractivity contribution < 1.29 is 0 Å². The maximum Gasteiger partial charge on any atom is 0.123 e. The largest absolute Gasteiger partial charge is 0.304 e. The average Bonchev–Trinajstić information content (AvgIpc) is 2.19. The minimum atomic E-state index is -0.209. The molecule has 1 unspecified atom stereocenters. The summed E-state index contributed by atoms with van der Waals surface area (Å²) in [5, 5.41) is 3.47. The van der Waals surface area contributed by atoms with Gasteiger partial charge in [-0.2, -0.15) is 0 Å². The fourth-order valence-corrected chi connectivity index (χ4v) is 2.39. The molecule has 0 spiro atoms. The summed E-state index contributed by atoms with van der Waals surface area (Å²) in [5.41, 5.74) is 6.38. The summed E-state index contributed by atoms with van der Waals surface area (Å²) in [7, 11) is 2.18. The van der Waals surface area contributed by atoms with Crippen molar-refractivity contribution in [1.82, 2.24) is 15.1 Å². The molecule has 0 aromatic heterocycles. The minimum Gasteiger partial charge on any atom is -0.304 e. The molecule has 0 amide bonds. The van der Waals surface area contributed by atoms with Gasteiger partial charge in [0.25, 0.3) is 0 Å². The van der Waals surface area contributed by atoms with E-state index in [-0.39, 0.29) is 5.79 Å². The predicted octanol–water partition coefficient (Wildman–Crippen LogP) is -0.380. The second-order valence-electron chi connectivity index (χ2n) is 4.60. The van der Waals surface area contributed by atoms with Crippen LogP contribution in [0.4, 0.5) is 0 Å². The van der Waals surface area contributed by atoms with E-state index in [4.69, 9.17) is 5.73 Å². The Kier molecular flexibility index (Phi) is 3.07. The molecule has 2 saturated heterocycles. The molecule has 3 N–H and O–H groups in total. The molecule has 82 valence electrons. The van der Waals surface area contributed by atoms with Crippen molar-refractivity contribution in [3.05, 3.63) is 0 Å². The van der Waals surface area contributed by atoms with Crippen LogP contribution >= 0.6 is 0 Å². The Morgan fingerprint density at radius 2 is 1.86 bits per heavy atom. The van der Waals surface area contributed by atoms with E-state index in [9.17, 15) is 0 Å². The Morgan fingerprint density at radius 1 is 1.14 bits per heavy atom. The van der Waals surface area contributed by atoms with Crippen molar-refractivity contribution in [2.24, 2.45) is 5.73 Å². The number of piperazine rings is 1. The summed E-state index contributed by atoms with van der Waals surface area (Å²) >= 11 is 0. The lowest BCUT2D eigenvalue weighted by atomic mass is 10.0. The predicted molar refractivity (Wildman–Crippen MR) is 57.8 cm³/mol. The topological polar surface area (TPSA) is 44.5 Å². The maximum absolute atomic E-state index is 6.38. The molecule has 2 fully saturated rings. The Hall–Kier alpha value is -0.160.